The van der Waals surface area contributed by atoms with Crippen LogP contribution in [0.25, 0.3) is 6.08 Å². The molecule has 6 heteroatoms. The van der Waals surface area contributed by atoms with Crippen LogP contribution in [0.1, 0.15) is 16.8 Å². The van der Waals surface area contributed by atoms with Crippen LogP contribution in [0.2, 0.25) is 0 Å². The number of aromatic nitrogens is 1. The van der Waals surface area contributed by atoms with Crippen molar-refractivity contribution in [1.29, 1.82) is 0 Å². The highest BCUT2D eigenvalue weighted by molar-refractivity contribution is 7.92. The molecule has 0 saturated heterocycles. The number of hydrogen-bond acceptors (Lipinski definition) is 4. The summed E-state index contributed by atoms with van der Waals surface area (Å²) >= 11 is 1.45. The fraction of sp³-hybridized carbons (Fsp3) is 0.214. The molecule has 0 saturated carbocycles. The first-order chi connectivity index (χ1) is 9.47. The monoisotopic (exact) mass is 308 g/mol. The van der Waals surface area contributed by atoms with Crippen LogP contribution in [-0.2, 0) is 16.6 Å². The minimum atomic E-state index is -3.43. The molecule has 0 spiro atoms. The zero-order valence-corrected chi connectivity index (χ0v) is 13.0. The number of thiazole rings is 1. The van der Waals surface area contributed by atoms with Crippen molar-refractivity contribution in [3.63, 3.8) is 0 Å². The first-order valence-electron chi connectivity index (χ1n) is 6.05. The van der Waals surface area contributed by atoms with Gasteiger partial charge < -0.3 is 0 Å². The average molecular weight is 308 g/mol. The van der Waals surface area contributed by atoms with Gasteiger partial charge in [0.25, 0.3) is 0 Å². The lowest BCUT2D eigenvalue weighted by molar-refractivity contribution is 0.471. The van der Waals surface area contributed by atoms with E-state index in [2.05, 4.69) is 4.98 Å². The molecule has 0 radical (unpaired) electrons. The number of sulfonamides is 1. The van der Waals surface area contributed by atoms with Crippen molar-refractivity contribution in [2.45, 2.75) is 13.5 Å². The van der Waals surface area contributed by atoms with Crippen molar-refractivity contribution < 1.29 is 8.42 Å². The van der Waals surface area contributed by atoms with Crippen LogP contribution in [0.15, 0.2) is 40.6 Å². The van der Waals surface area contributed by atoms with E-state index < -0.39 is 10.0 Å². The smallest absolute Gasteiger partial charge is 0.236 e. The lowest BCUT2D eigenvalue weighted by Crippen LogP contribution is -2.24. The predicted molar refractivity (Wildman–Crippen MR) is 82.7 cm³/mol. The van der Waals surface area contributed by atoms with Crippen LogP contribution in [0.4, 0.5) is 0 Å². The first kappa shape index (κ1) is 14.9. The van der Waals surface area contributed by atoms with Gasteiger partial charge in [-0.25, -0.2) is 13.4 Å². The summed E-state index contributed by atoms with van der Waals surface area (Å²) in [6, 6.07) is 7.68. The predicted octanol–water partition coefficient (Wildman–Crippen LogP) is 2.88. The fourth-order valence-electron chi connectivity index (χ4n) is 1.58. The van der Waals surface area contributed by atoms with Crippen molar-refractivity contribution in [2.24, 2.45) is 0 Å². The SMILES string of the molecule is Cc1ccc(/C=C\S(=O)(=O)N(C)Cc2cscn2)cc1. The molecule has 0 aliphatic heterocycles. The Labute approximate surface area is 123 Å². The van der Waals surface area contributed by atoms with Crippen LogP contribution in [-0.4, -0.2) is 24.8 Å². The van der Waals surface area contributed by atoms with Crippen LogP contribution in [0.3, 0.4) is 0 Å². The zero-order chi connectivity index (χ0) is 14.6. The van der Waals surface area contributed by atoms with Crippen molar-refractivity contribution >= 4 is 27.4 Å². The number of nitrogens with zero attached hydrogens (tertiary/aromatic N) is 2. The quantitative estimate of drug-likeness (QED) is 0.853. The number of hydrogen-bond donors (Lipinski definition) is 0. The van der Waals surface area contributed by atoms with Gasteiger partial charge in [-0.05, 0) is 18.6 Å². The summed E-state index contributed by atoms with van der Waals surface area (Å²) in [5, 5.41) is 3.07. The zero-order valence-electron chi connectivity index (χ0n) is 11.4. The molecule has 0 aliphatic rings. The van der Waals surface area contributed by atoms with Gasteiger partial charge in [-0.3, -0.25) is 0 Å². The highest BCUT2D eigenvalue weighted by Crippen LogP contribution is 2.11. The largest absolute Gasteiger partial charge is 0.248 e. The van der Waals surface area contributed by atoms with Gasteiger partial charge in [0, 0.05) is 17.8 Å². The maximum Gasteiger partial charge on any atom is 0.236 e. The molecule has 0 N–H and O–H groups in total. The lowest BCUT2D eigenvalue weighted by atomic mass is 10.2. The van der Waals surface area contributed by atoms with Crippen LogP contribution in [0.5, 0.6) is 0 Å². The van der Waals surface area contributed by atoms with E-state index in [0.717, 1.165) is 16.8 Å². The van der Waals surface area contributed by atoms with E-state index in [4.69, 9.17) is 0 Å². The molecule has 1 heterocycles. The van der Waals surface area contributed by atoms with Gasteiger partial charge >= 0.3 is 0 Å². The van der Waals surface area contributed by atoms with E-state index in [9.17, 15) is 8.42 Å². The van der Waals surface area contributed by atoms with Gasteiger partial charge in [0.1, 0.15) is 0 Å². The molecule has 2 aromatic rings. The second kappa shape index (κ2) is 6.30. The molecule has 2 rings (SSSR count). The van der Waals surface area contributed by atoms with Crippen molar-refractivity contribution in [3.05, 3.63) is 57.4 Å². The van der Waals surface area contributed by atoms with Gasteiger partial charge in [-0.2, -0.15) is 4.31 Å². The number of benzene rings is 1. The number of aryl methyl sites for hydroxylation is 1. The Morgan fingerprint density at radius 3 is 2.60 bits per heavy atom. The summed E-state index contributed by atoms with van der Waals surface area (Å²) in [4.78, 5) is 4.09. The second-order valence-electron chi connectivity index (χ2n) is 4.49. The van der Waals surface area contributed by atoms with E-state index in [-0.39, 0.29) is 6.54 Å². The maximum absolute atomic E-state index is 12.1. The third-order valence-corrected chi connectivity index (χ3v) is 4.93. The molecule has 0 fully saturated rings. The number of rotatable bonds is 5. The average Bonchev–Trinajstić information content (AvgIpc) is 2.91. The van der Waals surface area contributed by atoms with Crippen LogP contribution in [0, 0.1) is 6.92 Å². The fourth-order valence-corrected chi connectivity index (χ4v) is 2.98. The molecule has 0 amide bonds. The summed E-state index contributed by atoms with van der Waals surface area (Å²) < 4.78 is 25.5. The highest BCUT2D eigenvalue weighted by atomic mass is 32.2. The summed E-state index contributed by atoms with van der Waals surface area (Å²) in [7, 11) is -1.88. The summed E-state index contributed by atoms with van der Waals surface area (Å²) in [6.45, 7) is 2.27. The molecule has 0 atom stereocenters. The van der Waals surface area contributed by atoms with Gasteiger partial charge in [0.05, 0.1) is 17.7 Å². The Morgan fingerprint density at radius 1 is 1.30 bits per heavy atom. The minimum absolute atomic E-state index is 0.282. The second-order valence-corrected chi connectivity index (χ2v) is 7.14. The maximum atomic E-state index is 12.1. The standard InChI is InChI=1S/C14H16N2O2S2/c1-12-3-5-13(6-4-12)7-8-20(17,18)16(2)9-14-10-19-11-15-14/h3-8,10-11H,9H2,1-2H3/b8-7-. The Hall–Kier alpha value is -1.50. The third-order valence-electron chi connectivity index (χ3n) is 2.81. The van der Waals surface area contributed by atoms with Crippen molar-refractivity contribution in [2.75, 3.05) is 7.05 Å². The normalized spacial score (nSPS) is 12.3. The summed E-state index contributed by atoms with van der Waals surface area (Å²) in [5.74, 6) is 0. The molecule has 0 aliphatic carbocycles. The molecule has 0 unspecified atom stereocenters. The molecule has 1 aromatic carbocycles. The first-order valence-corrected chi connectivity index (χ1v) is 8.50. The Balaban J connectivity index is 2.08. The Morgan fingerprint density at radius 2 is 2.00 bits per heavy atom. The van der Waals surface area contributed by atoms with Gasteiger partial charge in [0.15, 0.2) is 0 Å². The van der Waals surface area contributed by atoms with Gasteiger partial charge in [-0.15, -0.1) is 11.3 Å². The van der Waals surface area contributed by atoms with E-state index in [1.54, 1.807) is 18.6 Å². The van der Waals surface area contributed by atoms with E-state index in [0.29, 0.717) is 0 Å². The van der Waals surface area contributed by atoms with Crippen LogP contribution < -0.4 is 0 Å². The lowest BCUT2D eigenvalue weighted by Gasteiger charge is -2.12. The molecular weight excluding hydrogens is 292 g/mol. The molecule has 4 nitrogen and oxygen atoms in total. The Bertz CT molecular complexity index is 674. The van der Waals surface area contributed by atoms with Crippen molar-refractivity contribution in [3.8, 4) is 0 Å². The molecule has 106 valence electrons. The highest BCUT2D eigenvalue weighted by Gasteiger charge is 2.15. The van der Waals surface area contributed by atoms with Gasteiger partial charge in [-0.1, -0.05) is 29.8 Å². The van der Waals surface area contributed by atoms with Crippen molar-refractivity contribution in [1.82, 2.24) is 9.29 Å². The minimum Gasteiger partial charge on any atom is -0.248 e. The van der Waals surface area contributed by atoms with Crippen LogP contribution >= 0.6 is 11.3 Å². The summed E-state index contributed by atoms with van der Waals surface area (Å²) in [6.07, 6.45) is 1.60. The third kappa shape index (κ3) is 4.00. The Kier molecular flexibility index (Phi) is 4.69. The van der Waals surface area contributed by atoms with Gasteiger partial charge in [0.2, 0.25) is 10.0 Å². The van der Waals surface area contributed by atoms with E-state index in [1.807, 2.05) is 36.6 Å². The topological polar surface area (TPSA) is 50.3 Å². The summed E-state index contributed by atoms with van der Waals surface area (Å²) in [5.41, 5.74) is 4.45. The van der Waals surface area contributed by atoms with E-state index in [1.165, 1.54) is 21.1 Å². The molecule has 0 bridgehead atoms. The molecule has 1 aromatic heterocycles. The molecular formula is C14H16N2O2S2. The molecule has 20 heavy (non-hydrogen) atoms. The van der Waals surface area contributed by atoms with E-state index >= 15 is 0 Å².